The van der Waals surface area contributed by atoms with Gasteiger partial charge in [-0.25, -0.2) is 0 Å². The van der Waals surface area contributed by atoms with Crippen LogP contribution in [0.4, 0.5) is 0 Å². The lowest BCUT2D eigenvalue weighted by Gasteiger charge is -2.26. The Morgan fingerprint density at radius 2 is 1.79 bits per heavy atom. The van der Waals surface area contributed by atoms with Gasteiger partial charge in [0.2, 0.25) is 0 Å². The first-order valence-electron chi connectivity index (χ1n) is 7.67. The van der Waals surface area contributed by atoms with E-state index in [1.54, 1.807) is 11.1 Å². The first-order valence-corrected chi connectivity index (χ1v) is 7.67. The minimum Gasteiger partial charge on any atom is -0.316 e. The number of aryl methyl sites for hydroxylation is 2. The fraction of sp³-hybridized carbons (Fsp3) is 0.647. The lowest BCUT2D eigenvalue weighted by Crippen LogP contribution is -2.36. The Kier molecular flexibility index (Phi) is 5.00. The minimum atomic E-state index is 0.212. The van der Waals surface area contributed by atoms with E-state index in [2.05, 4.69) is 49.6 Å². The topological polar surface area (TPSA) is 24.1 Å². The van der Waals surface area contributed by atoms with Crippen LogP contribution in [0.25, 0.3) is 0 Å². The maximum Gasteiger partial charge on any atom is 0.00770 e. The maximum absolute atomic E-state index is 3.56. The highest BCUT2D eigenvalue weighted by Crippen LogP contribution is 2.29. The van der Waals surface area contributed by atoms with Crippen LogP contribution in [0.1, 0.15) is 43.9 Å². The molecular weight excluding hydrogens is 232 g/mol. The van der Waals surface area contributed by atoms with E-state index in [9.17, 15) is 0 Å². The van der Waals surface area contributed by atoms with Gasteiger partial charge in [0.15, 0.2) is 0 Å². The second kappa shape index (κ2) is 6.53. The van der Waals surface area contributed by atoms with Gasteiger partial charge >= 0.3 is 0 Å². The lowest BCUT2D eigenvalue weighted by molar-refractivity contribution is 0.466. The van der Waals surface area contributed by atoms with Gasteiger partial charge in [-0.3, -0.25) is 0 Å². The molecule has 19 heavy (non-hydrogen) atoms. The highest BCUT2D eigenvalue weighted by Gasteiger charge is 2.22. The van der Waals surface area contributed by atoms with Crippen LogP contribution >= 0.6 is 0 Å². The summed E-state index contributed by atoms with van der Waals surface area (Å²) in [7, 11) is 0. The van der Waals surface area contributed by atoms with Gasteiger partial charge in [0.25, 0.3) is 0 Å². The molecule has 0 saturated heterocycles. The fourth-order valence-corrected chi connectivity index (χ4v) is 2.85. The summed E-state index contributed by atoms with van der Waals surface area (Å²) < 4.78 is 0. The molecule has 0 amide bonds. The molecule has 0 heterocycles. The Morgan fingerprint density at radius 1 is 1.05 bits per heavy atom. The van der Waals surface area contributed by atoms with Gasteiger partial charge < -0.3 is 10.6 Å². The zero-order valence-corrected chi connectivity index (χ0v) is 12.7. The van der Waals surface area contributed by atoms with E-state index in [4.69, 9.17) is 0 Å². The van der Waals surface area contributed by atoms with Crippen LogP contribution in [-0.4, -0.2) is 26.2 Å². The van der Waals surface area contributed by atoms with Crippen LogP contribution < -0.4 is 10.6 Å². The van der Waals surface area contributed by atoms with Crippen LogP contribution in [0.2, 0.25) is 0 Å². The van der Waals surface area contributed by atoms with E-state index in [0.29, 0.717) is 0 Å². The average molecular weight is 260 g/mol. The van der Waals surface area contributed by atoms with Crippen LogP contribution in [0, 0.1) is 0 Å². The van der Waals surface area contributed by atoms with Crippen molar-refractivity contribution in [1.29, 1.82) is 0 Å². The highest BCUT2D eigenvalue weighted by atomic mass is 14.9. The van der Waals surface area contributed by atoms with Crippen molar-refractivity contribution in [2.24, 2.45) is 0 Å². The van der Waals surface area contributed by atoms with E-state index in [-0.39, 0.29) is 5.41 Å². The SMILES string of the molecule is CCNCCNCC(C)(C)c1ccc2c(c1)CCC2. The Morgan fingerprint density at radius 3 is 2.58 bits per heavy atom. The van der Waals surface area contributed by atoms with Gasteiger partial charge in [-0.1, -0.05) is 39.0 Å². The number of fused-ring (bicyclic) bond motifs is 1. The van der Waals surface area contributed by atoms with Gasteiger partial charge in [-0.05, 0) is 42.5 Å². The number of hydrogen-bond donors (Lipinski definition) is 2. The Bertz CT molecular complexity index is 410. The van der Waals surface area contributed by atoms with Crippen molar-refractivity contribution >= 4 is 0 Å². The summed E-state index contributed by atoms with van der Waals surface area (Å²) in [6.07, 6.45) is 3.88. The van der Waals surface area contributed by atoms with Crippen LogP contribution in [-0.2, 0) is 18.3 Å². The molecule has 1 aromatic rings. The number of likely N-dealkylation sites (N-methyl/N-ethyl adjacent to an activating group) is 1. The first kappa shape index (κ1) is 14.5. The van der Waals surface area contributed by atoms with Gasteiger partial charge in [-0.2, -0.15) is 0 Å². The summed E-state index contributed by atoms with van der Waals surface area (Å²) in [5.74, 6) is 0. The third-order valence-corrected chi connectivity index (χ3v) is 4.18. The predicted molar refractivity (Wildman–Crippen MR) is 82.9 cm³/mol. The summed E-state index contributed by atoms with van der Waals surface area (Å²) in [5, 5.41) is 6.91. The van der Waals surface area contributed by atoms with Crippen molar-refractivity contribution < 1.29 is 0 Å². The van der Waals surface area contributed by atoms with Crippen molar-refractivity contribution in [1.82, 2.24) is 10.6 Å². The molecule has 0 spiro atoms. The molecule has 1 aliphatic carbocycles. The summed E-state index contributed by atoms with van der Waals surface area (Å²) >= 11 is 0. The quantitative estimate of drug-likeness (QED) is 0.737. The molecule has 0 fully saturated rings. The van der Waals surface area contributed by atoms with Gasteiger partial charge in [0, 0.05) is 25.0 Å². The molecule has 2 heteroatoms. The zero-order valence-electron chi connectivity index (χ0n) is 12.7. The van der Waals surface area contributed by atoms with Crippen molar-refractivity contribution in [2.45, 2.75) is 45.4 Å². The molecule has 0 aliphatic heterocycles. The van der Waals surface area contributed by atoms with Crippen molar-refractivity contribution in [2.75, 3.05) is 26.2 Å². The first-order chi connectivity index (χ1) is 9.13. The fourth-order valence-electron chi connectivity index (χ4n) is 2.85. The molecule has 2 rings (SSSR count). The second-order valence-corrected chi connectivity index (χ2v) is 6.25. The number of nitrogens with one attached hydrogen (secondary N) is 2. The summed E-state index contributed by atoms with van der Waals surface area (Å²) in [6, 6.07) is 7.11. The average Bonchev–Trinajstić information content (AvgIpc) is 2.85. The Balaban J connectivity index is 1.91. The molecule has 0 atom stereocenters. The molecule has 106 valence electrons. The third-order valence-electron chi connectivity index (χ3n) is 4.18. The van der Waals surface area contributed by atoms with E-state index in [1.807, 2.05) is 0 Å². The maximum atomic E-state index is 3.56. The molecule has 0 radical (unpaired) electrons. The predicted octanol–water partition coefficient (Wildman–Crippen LogP) is 2.65. The van der Waals surface area contributed by atoms with E-state index in [1.165, 1.54) is 24.8 Å². The molecule has 0 unspecified atom stereocenters. The van der Waals surface area contributed by atoms with Gasteiger partial charge in [-0.15, -0.1) is 0 Å². The van der Waals surface area contributed by atoms with Crippen LogP contribution in [0.5, 0.6) is 0 Å². The Labute approximate surface area is 118 Å². The molecular formula is C17H28N2. The monoisotopic (exact) mass is 260 g/mol. The normalized spacial score (nSPS) is 14.7. The molecule has 2 nitrogen and oxygen atoms in total. The molecule has 0 bridgehead atoms. The summed E-state index contributed by atoms with van der Waals surface area (Å²) in [6.45, 7) is 11.0. The smallest absolute Gasteiger partial charge is 0.00770 e. The molecule has 1 aliphatic rings. The minimum absolute atomic E-state index is 0.212. The molecule has 0 aromatic heterocycles. The van der Waals surface area contributed by atoms with Crippen molar-refractivity contribution in [3.8, 4) is 0 Å². The van der Waals surface area contributed by atoms with E-state index >= 15 is 0 Å². The molecule has 0 saturated carbocycles. The number of hydrogen-bond acceptors (Lipinski definition) is 2. The number of rotatable bonds is 7. The second-order valence-electron chi connectivity index (χ2n) is 6.25. The molecule has 2 N–H and O–H groups in total. The van der Waals surface area contributed by atoms with Gasteiger partial charge in [0.05, 0.1) is 0 Å². The summed E-state index contributed by atoms with van der Waals surface area (Å²) in [5.41, 5.74) is 4.84. The summed E-state index contributed by atoms with van der Waals surface area (Å²) in [4.78, 5) is 0. The zero-order chi connectivity index (χ0) is 13.7. The van der Waals surface area contributed by atoms with Crippen molar-refractivity contribution in [3.63, 3.8) is 0 Å². The van der Waals surface area contributed by atoms with Gasteiger partial charge in [0.1, 0.15) is 0 Å². The van der Waals surface area contributed by atoms with Crippen molar-refractivity contribution in [3.05, 3.63) is 34.9 Å². The van der Waals surface area contributed by atoms with Crippen LogP contribution in [0.15, 0.2) is 18.2 Å². The largest absolute Gasteiger partial charge is 0.316 e. The highest BCUT2D eigenvalue weighted by molar-refractivity contribution is 5.38. The Hall–Kier alpha value is -0.860. The number of benzene rings is 1. The lowest BCUT2D eigenvalue weighted by atomic mass is 9.83. The van der Waals surface area contributed by atoms with E-state index < -0.39 is 0 Å². The molecule has 1 aromatic carbocycles. The van der Waals surface area contributed by atoms with E-state index in [0.717, 1.165) is 26.2 Å². The standard InChI is InChI=1S/C17H28N2/c1-4-18-10-11-19-13-17(2,3)16-9-8-14-6-5-7-15(14)12-16/h8-9,12,18-19H,4-7,10-11,13H2,1-3H3. The van der Waals surface area contributed by atoms with Crippen LogP contribution in [0.3, 0.4) is 0 Å². The third kappa shape index (κ3) is 3.80.